The molecule has 0 spiro atoms. The number of urea groups is 1. The third-order valence-corrected chi connectivity index (χ3v) is 4.43. The normalized spacial score (nSPS) is 14.7. The van der Waals surface area contributed by atoms with Crippen molar-refractivity contribution >= 4 is 6.03 Å². The van der Waals surface area contributed by atoms with Crippen LogP contribution in [0.15, 0.2) is 48.8 Å². The molecule has 5 nitrogen and oxygen atoms in total. The molecule has 25 heavy (non-hydrogen) atoms. The highest BCUT2D eigenvalue weighted by Crippen LogP contribution is 2.23. The van der Waals surface area contributed by atoms with E-state index in [9.17, 15) is 4.79 Å². The van der Waals surface area contributed by atoms with Gasteiger partial charge in [-0.15, -0.1) is 0 Å². The fourth-order valence-corrected chi connectivity index (χ4v) is 2.99. The van der Waals surface area contributed by atoms with Gasteiger partial charge in [-0.2, -0.15) is 0 Å². The Hall–Kier alpha value is -2.56. The summed E-state index contributed by atoms with van der Waals surface area (Å²) in [5.41, 5.74) is 2.07. The van der Waals surface area contributed by atoms with E-state index in [-0.39, 0.29) is 6.03 Å². The van der Waals surface area contributed by atoms with Gasteiger partial charge in [-0.25, -0.2) is 4.79 Å². The van der Waals surface area contributed by atoms with Crippen molar-refractivity contribution in [3.8, 4) is 5.75 Å². The Bertz CT molecular complexity index is 652. The number of pyridine rings is 1. The second-order valence-electron chi connectivity index (χ2n) is 6.41. The van der Waals surface area contributed by atoms with Gasteiger partial charge >= 0.3 is 6.03 Å². The van der Waals surface area contributed by atoms with Crippen molar-refractivity contribution in [1.29, 1.82) is 0 Å². The van der Waals surface area contributed by atoms with Gasteiger partial charge in [0.15, 0.2) is 0 Å². The average molecular weight is 339 g/mol. The van der Waals surface area contributed by atoms with Crippen molar-refractivity contribution in [3.05, 3.63) is 59.9 Å². The first-order valence-electron chi connectivity index (χ1n) is 8.96. The summed E-state index contributed by atoms with van der Waals surface area (Å²) in [5, 5.41) is 5.70. The van der Waals surface area contributed by atoms with Gasteiger partial charge in [-0.1, -0.05) is 18.6 Å². The lowest BCUT2D eigenvalue weighted by atomic mass is 9.98. The van der Waals surface area contributed by atoms with E-state index >= 15 is 0 Å². The number of rotatable bonds is 6. The molecule has 0 radical (unpaired) electrons. The van der Waals surface area contributed by atoms with Crippen molar-refractivity contribution in [2.75, 3.05) is 0 Å². The predicted octanol–water partition coefficient (Wildman–Crippen LogP) is 3.79. The van der Waals surface area contributed by atoms with Crippen LogP contribution in [0.4, 0.5) is 4.79 Å². The van der Waals surface area contributed by atoms with Gasteiger partial charge < -0.3 is 15.4 Å². The van der Waals surface area contributed by atoms with Crippen LogP contribution in [0.2, 0.25) is 0 Å². The molecule has 0 atom stereocenters. The van der Waals surface area contributed by atoms with Gasteiger partial charge in [-0.3, -0.25) is 4.98 Å². The molecule has 5 heteroatoms. The topological polar surface area (TPSA) is 63.2 Å². The molecule has 0 bridgehead atoms. The number of hydrogen-bond donors (Lipinski definition) is 2. The van der Waals surface area contributed by atoms with Crippen molar-refractivity contribution < 1.29 is 9.53 Å². The SMILES string of the molecule is O=C(NCc1ccncc1)NCc1ccc(OC2CCCCC2)cc1. The summed E-state index contributed by atoms with van der Waals surface area (Å²) in [6, 6.07) is 11.6. The minimum absolute atomic E-state index is 0.181. The quantitative estimate of drug-likeness (QED) is 0.841. The first kappa shape index (κ1) is 17.3. The Balaban J connectivity index is 1.39. The lowest BCUT2D eigenvalue weighted by Crippen LogP contribution is -2.34. The first-order chi connectivity index (χ1) is 12.3. The molecule has 2 N–H and O–H groups in total. The van der Waals surface area contributed by atoms with E-state index < -0.39 is 0 Å². The molecule has 1 aliphatic carbocycles. The molecule has 1 fully saturated rings. The number of aromatic nitrogens is 1. The molecule has 0 aliphatic heterocycles. The molecular formula is C20H25N3O2. The monoisotopic (exact) mass is 339 g/mol. The minimum atomic E-state index is -0.181. The molecular weight excluding hydrogens is 314 g/mol. The number of benzene rings is 1. The average Bonchev–Trinajstić information content (AvgIpc) is 2.67. The van der Waals surface area contributed by atoms with E-state index in [1.807, 2.05) is 36.4 Å². The molecule has 1 saturated carbocycles. The van der Waals surface area contributed by atoms with Crippen molar-refractivity contribution in [3.63, 3.8) is 0 Å². The van der Waals surface area contributed by atoms with Gasteiger partial charge in [0.1, 0.15) is 5.75 Å². The molecule has 132 valence electrons. The van der Waals surface area contributed by atoms with Crippen LogP contribution in [0, 0.1) is 0 Å². The maximum Gasteiger partial charge on any atom is 0.315 e. The maximum atomic E-state index is 11.9. The zero-order valence-electron chi connectivity index (χ0n) is 14.4. The van der Waals surface area contributed by atoms with E-state index in [2.05, 4.69) is 15.6 Å². The summed E-state index contributed by atoms with van der Waals surface area (Å²) in [7, 11) is 0. The van der Waals surface area contributed by atoms with E-state index in [1.54, 1.807) is 12.4 Å². The first-order valence-corrected chi connectivity index (χ1v) is 8.96. The summed E-state index contributed by atoms with van der Waals surface area (Å²) in [5.74, 6) is 0.915. The zero-order valence-corrected chi connectivity index (χ0v) is 14.4. The molecule has 1 aromatic carbocycles. The number of nitrogens with one attached hydrogen (secondary N) is 2. The highest BCUT2D eigenvalue weighted by molar-refractivity contribution is 5.73. The summed E-state index contributed by atoms with van der Waals surface area (Å²) in [6.45, 7) is 0.981. The van der Waals surface area contributed by atoms with Crippen LogP contribution in [-0.4, -0.2) is 17.1 Å². The minimum Gasteiger partial charge on any atom is -0.490 e. The number of nitrogens with zero attached hydrogens (tertiary/aromatic N) is 1. The highest BCUT2D eigenvalue weighted by Gasteiger charge is 2.14. The third kappa shape index (κ3) is 5.78. The highest BCUT2D eigenvalue weighted by atomic mass is 16.5. The fraction of sp³-hybridized carbons (Fsp3) is 0.400. The molecule has 1 aromatic heterocycles. The van der Waals surface area contributed by atoms with E-state index in [1.165, 1.54) is 19.3 Å². The number of hydrogen-bond acceptors (Lipinski definition) is 3. The van der Waals surface area contributed by atoms with Crippen LogP contribution in [0.1, 0.15) is 43.2 Å². The Kier molecular flexibility index (Phi) is 6.26. The van der Waals surface area contributed by atoms with Crippen LogP contribution in [0.3, 0.4) is 0 Å². The zero-order chi connectivity index (χ0) is 17.3. The van der Waals surface area contributed by atoms with Crippen molar-refractivity contribution in [2.45, 2.75) is 51.3 Å². The second kappa shape index (κ2) is 9.06. The molecule has 0 saturated heterocycles. The maximum absolute atomic E-state index is 11.9. The summed E-state index contributed by atoms with van der Waals surface area (Å²) in [4.78, 5) is 15.8. The Labute approximate surface area is 148 Å². The molecule has 0 unspecified atom stereocenters. The van der Waals surface area contributed by atoms with E-state index in [0.717, 1.165) is 29.7 Å². The molecule has 2 amide bonds. The van der Waals surface area contributed by atoms with Crippen LogP contribution < -0.4 is 15.4 Å². The van der Waals surface area contributed by atoms with Gasteiger partial charge in [0.2, 0.25) is 0 Å². The number of amides is 2. The van der Waals surface area contributed by atoms with Gasteiger partial charge in [0.25, 0.3) is 0 Å². The largest absolute Gasteiger partial charge is 0.490 e. The number of carbonyl (C=O) groups is 1. The summed E-state index contributed by atoms with van der Waals surface area (Å²) < 4.78 is 6.02. The predicted molar refractivity (Wildman–Crippen MR) is 97.3 cm³/mol. The van der Waals surface area contributed by atoms with Crippen LogP contribution >= 0.6 is 0 Å². The Morgan fingerprint density at radius 3 is 2.16 bits per heavy atom. The van der Waals surface area contributed by atoms with Gasteiger partial charge in [0, 0.05) is 25.5 Å². The second-order valence-corrected chi connectivity index (χ2v) is 6.41. The summed E-state index contributed by atoms with van der Waals surface area (Å²) in [6.07, 6.45) is 9.95. The van der Waals surface area contributed by atoms with Crippen LogP contribution in [0.25, 0.3) is 0 Å². The van der Waals surface area contributed by atoms with E-state index in [0.29, 0.717) is 19.2 Å². The Morgan fingerprint density at radius 1 is 0.920 bits per heavy atom. The van der Waals surface area contributed by atoms with Crippen molar-refractivity contribution in [2.24, 2.45) is 0 Å². The van der Waals surface area contributed by atoms with Crippen molar-refractivity contribution in [1.82, 2.24) is 15.6 Å². The number of carbonyl (C=O) groups excluding carboxylic acids is 1. The van der Waals surface area contributed by atoms with Gasteiger partial charge in [-0.05, 0) is 61.1 Å². The van der Waals surface area contributed by atoms with Crippen LogP contribution in [0.5, 0.6) is 5.75 Å². The standard InChI is InChI=1S/C20H25N3O2/c24-20(23-15-17-10-12-21-13-11-17)22-14-16-6-8-19(9-7-16)25-18-4-2-1-3-5-18/h6-13,18H,1-5,14-15H2,(H2,22,23,24). The van der Waals surface area contributed by atoms with E-state index in [4.69, 9.17) is 4.74 Å². The van der Waals surface area contributed by atoms with Crippen LogP contribution in [-0.2, 0) is 13.1 Å². The lowest BCUT2D eigenvalue weighted by Gasteiger charge is -2.23. The molecule has 2 aromatic rings. The molecule has 1 heterocycles. The van der Waals surface area contributed by atoms with Gasteiger partial charge in [0.05, 0.1) is 6.10 Å². The Morgan fingerprint density at radius 2 is 1.52 bits per heavy atom. The third-order valence-electron chi connectivity index (χ3n) is 4.43. The summed E-state index contributed by atoms with van der Waals surface area (Å²) >= 11 is 0. The number of ether oxygens (including phenoxy) is 1. The molecule has 1 aliphatic rings. The smallest absolute Gasteiger partial charge is 0.315 e. The lowest BCUT2D eigenvalue weighted by molar-refractivity contribution is 0.155. The molecule has 3 rings (SSSR count). The fourth-order valence-electron chi connectivity index (χ4n) is 2.99.